The maximum absolute atomic E-state index is 13.3. The summed E-state index contributed by atoms with van der Waals surface area (Å²) in [5.74, 6) is -0.0463. The standard InChI is InChI=1S/C21H16ClN3OS/c22-15-9-12-27-20(15)21(26)25-11-8-14-13-5-1-2-6-16(13)24-18(14)19(25)17-7-3-4-10-23-17/h1-7,9-10,12,19,24H,8,11H2/t19-/m1/s1. The minimum absolute atomic E-state index is 0.0463. The number of thiophene rings is 1. The quantitative estimate of drug-likeness (QED) is 0.517. The van der Waals surface area contributed by atoms with Crippen LogP contribution in [-0.2, 0) is 6.42 Å². The molecule has 4 heterocycles. The SMILES string of the molecule is O=C(c1sccc1Cl)N1CCc2c([nH]c3ccccc23)[C@H]1c1ccccn1. The highest BCUT2D eigenvalue weighted by Crippen LogP contribution is 2.39. The predicted molar refractivity (Wildman–Crippen MR) is 108 cm³/mol. The van der Waals surface area contributed by atoms with Gasteiger partial charge in [0.15, 0.2) is 0 Å². The molecule has 1 atom stereocenters. The normalized spacial score (nSPS) is 16.5. The summed E-state index contributed by atoms with van der Waals surface area (Å²) in [5.41, 5.74) is 4.25. The van der Waals surface area contributed by atoms with Crippen molar-refractivity contribution in [2.75, 3.05) is 6.54 Å². The zero-order valence-corrected chi connectivity index (χ0v) is 15.9. The smallest absolute Gasteiger partial charge is 0.266 e. The van der Waals surface area contributed by atoms with E-state index in [2.05, 4.69) is 28.2 Å². The summed E-state index contributed by atoms with van der Waals surface area (Å²) in [6, 6.07) is 15.6. The number of aromatic nitrogens is 2. The van der Waals surface area contributed by atoms with E-state index in [0.29, 0.717) is 16.4 Å². The van der Waals surface area contributed by atoms with Crippen molar-refractivity contribution in [3.8, 4) is 0 Å². The van der Waals surface area contributed by atoms with E-state index in [1.165, 1.54) is 22.3 Å². The van der Waals surface area contributed by atoms with E-state index in [9.17, 15) is 4.79 Å². The second-order valence-corrected chi connectivity index (χ2v) is 7.89. The van der Waals surface area contributed by atoms with Gasteiger partial charge in [-0.3, -0.25) is 9.78 Å². The average Bonchev–Trinajstić information content (AvgIpc) is 3.30. The number of hydrogen-bond donors (Lipinski definition) is 1. The first-order valence-electron chi connectivity index (χ1n) is 8.78. The molecule has 27 heavy (non-hydrogen) atoms. The van der Waals surface area contributed by atoms with Crippen LogP contribution in [0.5, 0.6) is 0 Å². The molecule has 0 saturated heterocycles. The molecule has 0 spiro atoms. The molecule has 1 aliphatic rings. The number of para-hydroxylation sites is 1. The third kappa shape index (κ3) is 2.66. The van der Waals surface area contributed by atoms with Crippen LogP contribution < -0.4 is 0 Å². The van der Waals surface area contributed by atoms with Crippen LogP contribution in [0, 0.1) is 0 Å². The van der Waals surface area contributed by atoms with E-state index in [4.69, 9.17) is 11.6 Å². The van der Waals surface area contributed by atoms with Crippen LogP contribution in [0.15, 0.2) is 60.1 Å². The number of hydrogen-bond acceptors (Lipinski definition) is 3. The van der Waals surface area contributed by atoms with Crippen molar-refractivity contribution >= 4 is 39.7 Å². The second-order valence-electron chi connectivity index (χ2n) is 6.57. The van der Waals surface area contributed by atoms with Crippen LogP contribution in [-0.4, -0.2) is 27.3 Å². The van der Waals surface area contributed by atoms with Gasteiger partial charge in [0.25, 0.3) is 5.91 Å². The van der Waals surface area contributed by atoms with Gasteiger partial charge in [0, 0.05) is 29.3 Å². The first-order valence-corrected chi connectivity index (χ1v) is 10.0. The van der Waals surface area contributed by atoms with Gasteiger partial charge in [-0.2, -0.15) is 0 Å². The van der Waals surface area contributed by atoms with Crippen LogP contribution in [0.1, 0.15) is 32.7 Å². The number of benzene rings is 1. The number of carbonyl (C=O) groups excluding carboxylic acids is 1. The highest BCUT2D eigenvalue weighted by molar-refractivity contribution is 7.12. The lowest BCUT2D eigenvalue weighted by atomic mass is 9.94. The highest BCUT2D eigenvalue weighted by atomic mass is 35.5. The number of aromatic amines is 1. The van der Waals surface area contributed by atoms with Gasteiger partial charge >= 0.3 is 0 Å². The van der Waals surface area contributed by atoms with Crippen molar-refractivity contribution < 1.29 is 4.79 Å². The molecule has 4 nitrogen and oxygen atoms in total. The Labute approximate surface area is 165 Å². The lowest BCUT2D eigenvalue weighted by molar-refractivity contribution is 0.0694. The fourth-order valence-corrected chi connectivity index (χ4v) is 4.97. The van der Waals surface area contributed by atoms with E-state index >= 15 is 0 Å². The monoisotopic (exact) mass is 393 g/mol. The Morgan fingerprint density at radius 3 is 2.81 bits per heavy atom. The summed E-state index contributed by atoms with van der Waals surface area (Å²) < 4.78 is 0. The van der Waals surface area contributed by atoms with Crippen LogP contribution in [0.2, 0.25) is 5.02 Å². The van der Waals surface area contributed by atoms with E-state index in [-0.39, 0.29) is 11.9 Å². The predicted octanol–water partition coefficient (Wildman–Crippen LogP) is 5.07. The number of nitrogens with zero attached hydrogens (tertiary/aromatic N) is 2. The van der Waals surface area contributed by atoms with E-state index in [0.717, 1.165) is 23.3 Å². The number of amides is 1. The molecule has 6 heteroatoms. The molecule has 1 N–H and O–H groups in total. The van der Waals surface area contributed by atoms with Gasteiger partial charge in [-0.25, -0.2) is 0 Å². The molecule has 0 radical (unpaired) electrons. The zero-order chi connectivity index (χ0) is 18.4. The second kappa shape index (κ2) is 6.51. The third-order valence-electron chi connectivity index (χ3n) is 5.07. The van der Waals surface area contributed by atoms with E-state index in [1.807, 2.05) is 34.5 Å². The molecule has 1 amide bonds. The van der Waals surface area contributed by atoms with Gasteiger partial charge in [0.05, 0.1) is 10.7 Å². The van der Waals surface area contributed by atoms with Crippen LogP contribution in [0.4, 0.5) is 0 Å². The summed E-state index contributed by atoms with van der Waals surface area (Å²) in [5, 5.41) is 3.57. The van der Waals surface area contributed by atoms with Gasteiger partial charge in [0.1, 0.15) is 10.9 Å². The zero-order valence-electron chi connectivity index (χ0n) is 14.4. The fourth-order valence-electron chi connectivity index (χ4n) is 3.88. The topological polar surface area (TPSA) is 49.0 Å². The summed E-state index contributed by atoms with van der Waals surface area (Å²) in [6.45, 7) is 0.628. The molecule has 4 aromatic rings. The Hall–Kier alpha value is -2.63. The molecule has 0 unspecified atom stereocenters. The molecule has 1 aliphatic heterocycles. The lowest BCUT2D eigenvalue weighted by Gasteiger charge is -2.35. The maximum Gasteiger partial charge on any atom is 0.266 e. The van der Waals surface area contributed by atoms with E-state index < -0.39 is 0 Å². The van der Waals surface area contributed by atoms with Gasteiger partial charge < -0.3 is 9.88 Å². The van der Waals surface area contributed by atoms with Gasteiger partial charge in [-0.05, 0) is 41.6 Å². The third-order valence-corrected chi connectivity index (χ3v) is 6.40. The molecular formula is C21H16ClN3OS. The number of pyridine rings is 1. The summed E-state index contributed by atoms with van der Waals surface area (Å²) in [4.78, 5) is 23.9. The Balaban J connectivity index is 1.68. The largest absolute Gasteiger partial charge is 0.356 e. The number of H-pyrrole nitrogens is 1. The van der Waals surface area contributed by atoms with Crippen molar-refractivity contribution in [1.82, 2.24) is 14.9 Å². The number of halogens is 1. The Morgan fingerprint density at radius 1 is 1.19 bits per heavy atom. The number of rotatable bonds is 2. The van der Waals surface area contributed by atoms with Crippen LogP contribution >= 0.6 is 22.9 Å². The number of carbonyl (C=O) groups is 1. The highest BCUT2D eigenvalue weighted by Gasteiger charge is 2.36. The van der Waals surface area contributed by atoms with Crippen LogP contribution in [0.3, 0.4) is 0 Å². The molecule has 3 aromatic heterocycles. The average molecular weight is 394 g/mol. The van der Waals surface area contributed by atoms with Gasteiger partial charge in [-0.15, -0.1) is 11.3 Å². The molecule has 0 aliphatic carbocycles. The van der Waals surface area contributed by atoms with Gasteiger partial charge in [-0.1, -0.05) is 35.9 Å². The van der Waals surface area contributed by atoms with Crippen molar-refractivity contribution in [3.63, 3.8) is 0 Å². The summed E-state index contributed by atoms with van der Waals surface area (Å²) in [6.07, 6.45) is 2.57. The molecule has 134 valence electrons. The molecule has 1 aromatic carbocycles. The Bertz CT molecular complexity index is 1130. The van der Waals surface area contributed by atoms with Crippen molar-refractivity contribution in [1.29, 1.82) is 0 Å². The Kier molecular flexibility index (Phi) is 3.99. The fraction of sp³-hybridized carbons (Fsp3) is 0.143. The molecule has 0 fully saturated rings. The minimum atomic E-state index is -0.256. The summed E-state index contributed by atoms with van der Waals surface area (Å²) in [7, 11) is 0. The van der Waals surface area contributed by atoms with Gasteiger partial charge in [0.2, 0.25) is 0 Å². The Morgan fingerprint density at radius 2 is 2.04 bits per heavy atom. The molecule has 0 bridgehead atoms. The van der Waals surface area contributed by atoms with E-state index in [1.54, 1.807) is 12.3 Å². The van der Waals surface area contributed by atoms with Crippen LogP contribution in [0.25, 0.3) is 10.9 Å². The lowest BCUT2D eigenvalue weighted by Crippen LogP contribution is -2.40. The molecule has 5 rings (SSSR count). The van der Waals surface area contributed by atoms with Crippen molar-refractivity contribution in [2.24, 2.45) is 0 Å². The van der Waals surface area contributed by atoms with Crippen molar-refractivity contribution in [2.45, 2.75) is 12.5 Å². The molecular weight excluding hydrogens is 378 g/mol. The first kappa shape index (κ1) is 16.5. The minimum Gasteiger partial charge on any atom is -0.356 e. The first-order chi connectivity index (χ1) is 13.2. The molecule has 0 saturated carbocycles. The number of fused-ring (bicyclic) bond motifs is 3. The van der Waals surface area contributed by atoms with Crippen molar-refractivity contribution in [3.05, 3.63) is 87.0 Å². The maximum atomic E-state index is 13.3. The summed E-state index contributed by atoms with van der Waals surface area (Å²) >= 11 is 7.63. The number of nitrogens with one attached hydrogen (secondary N) is 1.